The number of hydrogen-bond donors (Lipinski definition) is 1. The van der Waals surface area contributed by atoms with E-state index in [1.165, 1.54) is 45.2 Å². The summed E-state index contributed by atoms with van der Waals surface area (Å²) in [6, 6.07) is 0. The van der Waals surface area contributed by atoms with Crippen LogP contribution in [0.5, 0.6) is 0 Å². The van der Waals surface area contributed by atoms with Gasteiger partial charge in [-0.15, -0.1) is 0 Å². The Labute approximate surface area is 63.2 Å². The Morgan fingerprint density at radius 1 is 0.800 bits per heavy atom. The molecule has 0 aromatic heterocycles. The Balaban J connectivity index is 1.94. The smallest absolute Gasteiger partial charge is 0.00205 e. The van der Waals surface area contributed by atoms with Gasteiger partial charge in [-0.2, -0.15) is 0 Å². The van der Waals surface area contributed by atoms with Crippen LogP contribution in [-0.4, -0.2) is 13.1 Å². The van der Waals surface area contributed by atoms with Crippen molar-refractivity contribution in [1.29, 1.82) is 0 Å². The fraction of sp³-hybridized carbons (Fsp3) is 1.00. The fourth-order valence-electron chi connectivity index (χ4n) is 2.34. The molecule has 0 spiro atoms. The van der Waals surface area contributed by atoms with Gasteiger partial charge in [0.25, 0.3) is 0 Å². The molecule has 1 nitrogen and oxygen atoms in total. The van der Waals surface area contributed by atoms with Gasteiger partial charge < -0.3 is 5.32 Å². The van der Waals surface area contributed by atoms with Crippen LogP contribution in [0.1, 0.15) is 32.1 Å². The molecule has 0 aromatic carbocycles. The summed E-state index contributed by atoms with van der Waals surface area (Å²) in [7, 11) is 0. The van der Waals surface area contributed by atoms with Gasteiger partial charge in [-0.25, -0.2) is 0 Å². The summed E-state index contributed by atoms with van der Waals surface area (Å²) < 4.78 is 0. The summed E-state index contributed by atoms with van der Waals surface area (Å²) in [6.07, 6.45) is 7.47. The van der Waals surface area contributed by atoms with Crippen LogP contribution in [0.3, 0.4) is 0 Å². The maximum absolute atomic E-state index is 3.52. The molecule has 2 saturated heterocycles. The van der Waals surface area contributed by atoms with Crippen molar-refractivity contribution in [3.8, 4) is 0 Å². The molecule has 1 aliphatic carbocycles. The average molecular weight is 139 g/mol. The monoisotopic (exact) mass is 139 g/mol. The van der Waals surface area contributed by atoms with Crippen LogP contribution in [0.25, 0.3) is 0 Å². The largest absolute Gasteiger partial charge is 0.316 e. The van der Waals surface area contributed by atoms with Gasteiger partial charge in [-0.1, -0.05) is 12.8 Å². The molecule has 2 aliphatic heterocycles. The standard InChI is InChI=1S/C9H17N/c1-3-9-4-2-8(1)5-6-10-7-9/h8-10H,1-7H2. The van der Waals surface area contributed by atoms with Gasteiger partial charge in [0, 0.05) is 0 Å². The van der Waals surface area contributed by atoms with Gasteiger partial charge in [0.1, 0.15) is 0 Å². The molecule has 0 radical (unpaired) electrons. The lowest BCUT2D eigenvalue weighted by Crippen LogP contribution is -2.32. The second-order valence-electron chi connectivity index (χ2n) is 3.88. The van der Waals surface area contributed by atoms with Crippen molar-refractivity contribution in [2.45, 2.75) is 32.1 Å². The molecule has 0 atom stereocenters. The minimum atomic E-state index is 1.02. The molecule has 2 heterocycles. The Morgan fingerprint density at radius 3 is 2.30 bits per heavy atom. The first-order valence-electron chi connectivity index (χ1n) is 4.66. The zero-order valence-electron chi connectivity index (χ0n) is 6.60. The van der Waals surface area contributed by atoms with Gasteiger partial charge in [-0.05, 0) is 44.2 Å². The molecule has 58 valence electrons. The van der Waals surface area contributed by atoms with Crippen LogP contribution in [0.4, 0.5) is 0 Å². The molecule has 1 N–H and O–H groups in total. The molecular formula is C9H17N. The summed E-state index contributed by atoms with van der Waals surface area (Å²) in [5.41, 5.74) is 0. The molecule has 3 fully saturated rings. The second kappa shape index (κ2) is 2.91. The van der Waals surface area contributed by atoms with Gasteiger partial charge in [0.15, 0.2) is 0 Å². The van der Waals surface area contributed by atoms with E-state index in [1.807, 2.05) is 0 Å². The Hall–Kier alpha value is -0.0400. The van der Waals surface area contributed by atoms with E-state index in [-0.39, 0.29) is 0 Å². The van der Waals surface area contributed by atoms with Crippen LogP contribution in [0.2, 0.25) is 0 Å². The van der Waals surface area contributed by atoms with Crippen LogP contribution < -0.4 is 5.32 Å². The quantitative estimate of drug-likeness (QED) is 0.539. The lowest BCUT2D eigenvalue weighted by molar-refractivity contribution is 0.229. The van der Waals surface area contributed by atoms with E-state index in [0.717, 1.165) is 11.8 Å². The maximum Gasteiger partial charge on any atom is -0.00205 e. The molecule has 0 unspecified atom stereocenters. The first-order valence-corrected chi connectivity index (χ1v) is 4.66. The first-order chi connectivity index (χ1) is 4.95. The molecule has 0 amide bonds. The predicted molar refractivity (Wildman–Crippen MR) is 42.9 cm³/mol. The third-order valence-electron chi connectivity index (χ3n) is 3.13. The third kappa shape index (κ3) is 1.34. The molecule has 1 saturated carbocycles. The summed E-state index contributed by atoms with van der Waals surface area (Å²) in [5, 5.41) is 3.52. The third-order valence-corrected chi connectivity index (χ3v) is 3.13. The highest BCUT2D eigenvalue weighted by Crippen LogP contribution is 2.31. The van der Waals surface area contributed by atoms with Crippen molar-refractivity contribution in [3.05, 3.63) is 0 Å². The SMILES string of the molecule is C1CC2CCC(CC2)CN1. The van der Waals surface area contributed by atoms with Crippen LogP contribution in [0.15, 0.2) is 0 Å². The molecule has 0 aromatic rings. The summed E-state index contributed by atoms with van der Waals surface area (Å²) in [5.74, 6) is 2.10. The van der Waals surface area contributed by atoms with Crippen molar-refractivity contribution in [2.75, 3.05) is 13.1 Å². The molecule has 2 bridgehead atoms. The Bertz CT molecular complexity index is 83.8. The van der Waals surface area contributed by atoms with E-state index < -0.39 is 0 Å². The second-order valence-corrected chi connectivity index (χ2v) is 3.88. The van der Waals surface area contributed by atoms with Crippen molar-refractivity contribution >= 4 is 0 Å². The summed E-state index contributed by atoms with van der Waals surface area (Å²) in [4.78, 5) is 0. The maximum atomic E-state index is 3.52. The predicted octanol–water partition coefficient (Wildman–Crippen LogP) is 1.79. The fourth-order valence-corrected chi connectivity index (χ4v) is 2.34. The van der Waals surface area contributed by atoms with Crippen LogP contribution in [0, 0.1) is 11.8 Å². The zero-order valence-corrected chi connectivity index (χ0v) is 6.60. The number of hydrogen-bond acceptors (Lipinski definition) is 1. The van der Waals surface area contributed by atoms with Crippen molar-refractivity contribution < 1.29 is 0 Å². The van der Waals surface area contributed by atoms with Gasteiger partial charge in [-0.3, -0.25) is 0 Å². The minimum absolute atomic E-state index is 1.02. The van der Waals surface area contributed by atoms with Crippen molar-refractivity contribution in [3.63, 3.8) is 0 Å². The summed E-state index contributed by atoms with van der Waals surface area (Å²) in [6.45, 7) is 2.58. The molecule has 3 rings (SSSR count). The lowest BCUT2D eigenvalue weighted by Gasteiger charge is -2.31. The van der Waals surface area contributed by atoms with Crippen LogP contribution >= 0.6 is 0 Å². The highest BCUT2D eigenvalue weighted by atomic mass is 14.9. The van der Waals surface area contributed by atoms with E-state index in [4.69, 9.17) is 0 Å². The van der Waals surface area contributed by atoms with E-state index in [1.54, 1.807) is 0 Å². The highest BCUT2D eigenvalue weighted by molar-refractivity contribution is 4.77. The molecule has 3 aliphatic rings. The highest BCUT2D eigenvalue weighted by Gasteiger charge is 2.22. The average Bonchev–Trinajstić information content (AvgIpc) is 1.89. The normalized spacial score (nSPS) is 40.8. The number of nitrogens with one attached hydrogen (secondary N) is 1. The van der Waals surface area contributed by atoms with Crippen LogP contribution in [-0.2, 0) is 0 Å². The number of rotatable bonds is 0. The minimum Gasteiger partial charge on any atom is -0.316 e. The van der Waals surface area contributed by atoms with Gasteiger partial charge >= 0.3 is 0 Å². The van der Waals surface area contributed by atoms with Crippen molar-refractivity contribution in [1.82, 2.24) is 5.32 Å². The van der Waals surface area contributed by atoms with Gasteiger partial charge in [0.2, 0.25) is 0 Å². The lowest BCUT2D eigenvalue weighted by atomic mass is 9.79. The molecule has 1 heteroatoms. The number of fused-ring (bicyclic) bond motifs is 5. The van der Waals surface area contributed by atoms with E-state index >= 15 is 0 Å². The summed E-state index contributed by atoms with van der Waals surface area (Å²) >= 11 is 0. The first kappa shape index (κ1) is 6.66. The van der Waals surface area contributed by atoms with Crippen molar-refractivity contribution in [2.24, 2.45) is 11.8 Å². The molecule has 10 heavy (non-hydrogen) atoms. The van der Waals surface area contributed by atoms with E-state index in [2.05, 4.69) is 5.32 Å². The Morgan fingerprint density at radius 2 is 1.50 bits per heavy atom. The zero-order chi connectivity index (χ0) is 6.81. The van der Waals surface area contributed by atoms with E-state index in [0.29, 0.717) is 0 Å². The topological polar surface area (TPSA) is 12.0 Å². The Kier molecular flexibility index (Phi) is 1.94. The molecular weight excluding hydrogens is 122 g/mol. The van der Waals surface area contributed by atoms with Gasteiger partial charge in [0.05, 0.1) is 0 Å². The van der Waals surface area contributed by atoms with E-state index in [9.17, 15) is 0 Å².